The first-order valence-corrected chi connectivity index (χ1v) is 15.8. The van der Waals surface area contributed by atoms with E-state index in [1.165, 1.54) is 27.8 Å². The molecule has 2 unspecified atom stereocenters. The Bertz CT molecular complexity index is 2470. The van der Waals surface area contributed by atoms with Gasteiger partial charge >= 0.3 is 0 Å². The van der Waals surface area contributed by atoms with Gasteiger partial charge in [0, 0.05) is 22.1 Å². The van der Waals surface area contributed by atoms with Gasteiger partial charge in [0.15, 0.2) is 5.69 Å². The fraction of sp³-hybridized carbons (Fsp3) is 0.119. The van der Waals surface area contributed by atoms with Crippen LogP contribution in [0.1, 0.15) is 36.6 Å². The lowest BCUT2D eigenvalue weighted by atomic mass is 9.74. The number of nitriles is 1. The zero-order valence-electron chi connectivity index (χ0n) is 25.6. The number of para-hydroxylation sites is 1. The summed E-state index contributed by atoms with van der Waals surface area (Å²) >= 11 is 0. The molecule has 2 aliphatic rings. The molecule has 9 rings (SSSR count). The molecule has 2 aromatic heterocycles. The number of allylic oxidation sites excluding steroid dienone is 4. The van der Waals surface area contributed by atoms with Crippen LogP contribution in [0.3, 0.4) is 0 Å². The summed E-state index contributed by atoms with van der Waals surface area (Å²) < 4.78 is 2.10. The van der Waals surface area contributed by atoms with Crippen LogP contribution in [0.4, 0.5) is 0 Å². The zero-order chi connectivity index (χ0) is 31.0. The first-order valence-electron chi connectivity index (χ1n) is 15.8. The maximum Gasteiger partial charge on any atom is 0.236 e. The van der Waals surface area contributed by atoms with Gasteiger partial charge in [0.25, 0.3) is 0 Å². The molecule has 4 nitrogen and oxygen atoms in total. The van der Waals surface area contributed by atoms with Crippen molar-refractivity contribution >= 4 is 32.7 Å². The molecule has 2 aliphatic carbocycles. The number of nitrogens with zero attached hydrogens (tertiary/aromatic N) is 4. The number of fused-ring (bicyclic) bond motifs is 7. The van der Waals surface area contributed by atoms with Crippen molar-refractivity contribution in [3.8, 4) is 34.3 Å². The highest BCUT2D eigenvalue weighted by Gasteiger charge is 2.44. The maximum atomic E-state index is 10.0. The lowest BCUT2D eigenvalue weighted by molar-refractivity contribution is 0.394. The first-order chi connectivity index (χ1) is 22.5. The van der Waals surface area contributed by atoms with Crippen molar-refractivity contribution < 1.29 is 0 Å². The molecule has 5 aromatic carbocycles. The molecule has 2 heterocycles. The summed E-state index contributed by atoms with van der Waals surface area (Å²) in [7, 11) is 0. The van der Waals surface area contributed by atoms with Gasteiger partial charge in [0.2, 0.25) is 5.95 Å². The smallest absolute Gasteiger partial charge is 0.236 e. The number of benzene rings is 5. The highest BCUT2D eigenvalue weighted by molar-refractivity contribution is 6.11. The molecule has 4 heteroatoms. The second-order valence-corrected chi connectivity index (χ2v) is 13.0. The highest BCUT2D eigenvalue weighted by Crippen LogP contribution is 2.53. The van der Waals surface area contributed by atoms with Crippen LogP contribution in [0, 0.1) is 17.2 Å². The number of rotatable bonds is 3. The molecule has 7 aromatic rings. The third-order valence-electron chi connectivity index (χ3n) is 10.2. The van der Waals surface area contributed by atoms with Crippen molar-refractivity contribution in [1.82, 2.24) is 14.5 Å². The van der Waals surface area contributed by atoms with Crippen molar-refractivity contribution in [2.24, 2.45) is 5.92 Å². The van der Waals surface area contributed by atoms with Gasteiger partial charge in [-0.25, -0.2) is 9.97 Å². The minimum atomic E-state index is 0.0495. The van der Waals surface area contributed by atoms with Crippen molar-refractivity contribution in [1.29, 1.82) is 5.26 Å². The van der Waals surface area contributed by atoms with Gasteiger partial charge in [-0.05, 0) is 81.1 Å². The van der Waals surface area contributed by atoms with E-state index in [0.717, 1.165) is 38.3 Å². The summed E-state index contributed by atoms with van der Waals surface area (Å²) in [5.74, 6) is 1.40. The average Bonchev–Trinajstić information content (AvgIpc) is 3.55. The van der Waals surface area contributed by atoms with Gasteiger partial charge in [0.05, 0.1) is 16.6 Å². The van der Waals surface area contributed by atoms with Crippen LogP contribution in [-0.4, -0.2) is 14.5 Å². The Labute approximate surface area is 267 Å². The standard InChI is InChI=1S/C42H30N4/c1-42(2)35-14-8-6-12-30(35)31-19-16-29(24-36(31)42)28-18-21-40-34(23-28)33-22-27(26-10-4-3-5-11-26)17-20-39(33)46(40)41-44-37-15-9-7-13-32(37)38(25-43)45-41/h3-24,30,35H,1-2H3. The topological polar surface area (TPSA) is 54.5 Å². The van der Waals surface area contributed by atoms with Crippen LogP contribution in [-0.2, 0) is 5.41 Å². The third kappa shape index (κ3) is 3.85. The molecule has 0 amide bonds. The SMILES string of the molecule is CC1(C)c2cc(-c3ccc4c(c3)c3cc(-c5ccccc5)ccc3n4-c3nc(C#N)c4ccccc4n3)ccc2C2C=CC=CC21. The molecule has 0 spiro atoms. The fourth-order valence-corrected chi connectivity index (χ4v) is 7.84. The molecule has 0 saturated carbocycles. The summed E-state index contributed by atoms with van der Waals surface area (Å²) in [6, 6.07) is 40.8. The molecule has 0 N–H and O–H groups in total. The summed E-state index contributed by atoms with van der Waals surface area (Å²) in [6.07, 6.45) is 9.12. The lowest BCUT2D eigenvalue weighted by Gasteiger charge is -2.29. The van der Waals surface area contributed by atoms with E-state index < -0.39 is 0 Å². The molecule has 0 fully saturated rings. The van der Waals surface area contributed by atoms with Crippen molar-refractivity contribution in [2.75, 3.05) is 0 Å². The van der Waals surface area contributed by atoms with Crippen LogP contribution in [0.2, 0.25) is 0 Å². The molecule has 0 aliphatic heterocycles. The molecule has 46 heavy (non-hydrogen) atoms. The van der Waals surface area contributed by atoms with Gasteiger partial charge in [-0.2, -0.15) is 5.26 Å². The van der Waals surface area contributed by atoms with Crippen molar-refractivity contribution in [3.05, 3.63) is 150 Å². The molecule has 0 saturated heterocycles. The van der Waals surface area contributed by atoms with Gasteiger partial charge in [-0.1, -0.05) is 111 Å². The highest BCUT2D eigenvalue weighted by atomic mass is 15.2. The molecule has 2 atom stereocenters. The summed E-state index contributed by atoms with van der Waals surface area (Å²) in [5.41, 5.74) is 10.8. The van der Waals surface area contributed by atoms with E-state index >= 15 is 0 Å². The van der Waals surface area contributed by atoms with E-state index in [9.17, 15) is 5.26 Å². The predicted octanol–water partition coefficient (Wildman–Crippen LogP) is 10.0. The van der Waals surface area contributed by atoms with Gasteiger partial charge in [-0.15, -0.1) is 0 Å². The van der Waals surface area contributed by atoms with E-state index in [2.05, 4.69) is 128 Å². The monoisotopic (exact) mass is 590 g/mol. The summed E-state index contributed by atoms with van der Waals surface area (Å²) in [6.45, 7) is 4.76. The van der Waals surface area contributed by atoms with Crippen LogP contribution in [0.5, 0.6) is 0 Å². The van der Waals surface area contributed by atoms with E-state index in [-0.39, 0.29) is 5.41 Å². The van der Waals surface area contributed by atoms with E-state index in [0.29, 0.717) is 23.5 Å². The normalized spacial score (nSPS) is 17.8. The Morgan fingerprint density at radius 1 is 0.652 bits per heavy atom. The summed E-state index contributed by atoms with van der Waals surface area (Å²) in [5, 5.41) is 13.0. The Morgan fingerprint density at radius 3 is 2.07 bits per heavy atom. The third-order valence-corrected chi connectivity index (χ3v) is 10.2. The average molecular weight is 591 g/mol. The van der Waals surface area contributed by atoms with Crippen LogP contribution in [0.15, 0.2) is 133 Å². The molecular weight excluding hydrogens is 560 g/mol. The Balaban J connectivity index is 1.28. The number of hydrogen-bond donors (Lipinski definition) is 0. The van der Waals surface area contributed by atoms with Crippen molar-refractivity contribution in [2.45, 2.75) is 25.2 Å². The summed E-state index contributed by atoms with van der Waals surface area (Å²) in [4.78, 5) is 9.76. The minimum Gasteiger partial charge on any atom is -0.278 e. The fourth-order valence-electron chi connectivity index (χ4n) is 7.84. The Kier molecular flexibility index (Phi) is 5.70. The maximum absolute atomic E-state index is 10.0. The molecule has 218 valence electrons. The lowest BCUT2D eigenvalue weighted by Crippen LogP contribution is -2.24. The quantitative estimate of drug-likeness (QED) is 0.206. The molecule has 0 radical (unpaired) electrons. The largest absolute Gasteiger partial charge is 0.278 e. The van der Waals surface area contributed by atoms with E-state index in [4.69, 9.17) is 9.97 Å². The molecule has 0 bridgehead atoms. The van der Waals surface area contributed by atoms with Crippen LogP contribution >= 0.6 is 0 Å². The van der Waals surface area contributed by atoms with Gasteiger partial charge in [0.1, 0.15) is 6.07 Å². The van der Waals surface area contributed by atoms with E-state index in [1.54, 1.807) is 0 Å². The second kappa shape index (κ2) is 9.86. The van der Waals surface area contributed by atoms with Crippen LogP contribution < -0.4 is 0 Å². The first kappa shape index (κ1) is 26.6. The molecular formula is C42H30N4. The second-order valence-electron chi connectivity index (χ2n) is 13.0. The Morgan fingerprint density at radius 2 is 1.30 bits per heavy atom. The van der Waals surface area contributed by atoms with Gasteiger partial charge in [-0.3, -0.25) is 4.57 Å². The minimum absolute atomic E-state index is 0.0495. The predicted molar refractivity (Wildman–Crippen MR) is 187 cm³/mol. The Hall–Kier alpha value is -5.79. The van der Waals surface area contributed by atoms with E-state index in [1.807, 2.05) is 30.3 Å². The number of hydrogen-bond acceptors (Lipinski definition) is 3. The van der Waals surface area contributed by atoms with Crippen molar-refractivity contribution in [3.63, 3.8) is 0 Å². The van der Waals surface area contributed by atoms with Crippen LogP contribution in [0.25, 0.3) is 60.9 Å². The zero-order valence-corrected chi connectivity index (χ0v) is 25.6. The number of aromatic nitrogens is 3. The van der Waals surface area contributed by atoms with Gasteiger partial charge < -0.3 is 0 Å².